The lowest BCUT2D eigenvalue weighted by Gasteiger charge is -2.32. The van der Waals surface area contributed by atoms with E-state index < -0.39 is 0 Å². The first-order valence-corrected chi connectivity index (χ1v) is 8.41. The highest BCUT2D eigenvalue weighted by atomic mass is 16.2. The summed E-state index contributed by atoms with van der Waals surface area (Å²) < 4.78 is 0. The summed E-state index contributed by atoms with van der Waals surface area (Å²) >= 11 is 0. The van der Waals surface area contributed by atoms with Crippen LogP contribution >= 0.6 is 0 Å². The molecule has 0 aliphatic carbocycles. The standard InChI is InChI=1S/C19H26N2O2/c1-3-6-18(22)20-17-9-5-12-21(14-17)19(23)11-10-16-8-4-7-15(2)13-16/h4,7-8,10-11,13,17H,3,5-6,9,12,14H2,1-2H3,(H,20,22)/b11-10-/t17-/m1/s1. The Labute approximate surface area is 138 Å². The molecule has 0 unspecified atom stereocenters. The number of piperidine rings is 1. The van der Waals surface area contributed by atoms with Crippen molar-refractivity contribution in [2.24, 2.45) is 0 Å². The van der Waals surface area contributed by atoms with Crippen LogP contribution in [0.2, 0.25) is 0 Å². The number of rotatable bonds is 5. The largest absolute Gasteiger partial charge is 0.352 e. The summed E-state index contributed by atoms with van der Waals surface area (Å²) in [5.41, 5.74) is 2.21. The molecule has 23 heavy (non-hydrogen) atoms. The topological polar surface area (TPSA) is 49.4 Å². The molecule has 1 fully saturated rings. The maximum atomic E-state index is 12.3. The van der Waals surface area contributed by atoms with Crippen molar-refractivity contribution in [1.82, 2.24) is 10.2 Å². The van der Waals surface area contributed by atoms with Gasteiger partial charge in [0.1, 0.15) is 0 Å². The molecule has 0 radical (unpaired) electrons. The van der Waals surface area contributed by atoms with Crippen LogP contribution in [0.5, 0.6) is 0 Å². The van der Waals surface area contributed by atoms with E-state index in [1.165, 1.54) is 5.56 Å². The van der Waals surface area contributed by atoms with Crippen LogP contribution in [0.3, 0.4) is 0 Å². The van der Waals surface area contributed by atoms with Crippen molar-refractivity contribution >= 4 is 17.9 Å². The van der Waals surface area contributed by atoms with E-state index in [0.29, 0.717) is 13.0 Å². The van der Waals surface area contributed by atoms with Crippen molar-refractivity contribution in [3.63, 3.8) is 0 Å². The van der Waals surface area contributed by atoms with Gasteiger partial charge < -0.3 is 10.2 Å². The SMILES string of the molecule is CCCC(=O)N[C@@H]1CCCN(C(=O)/C=C\c2cccc(C)c2)C1. The van der Waals surface area contributed by atoms with E-state index in [1.54, 1.807) is 6.08 Å². The number of likely N-dealkylation sites (tertiary alicyclic amines) is 1. The molecule has 1 aromatic rings. The van der Waals surface area contributed by atoms with Crippen LogP contribution in [-0.2, 0) is 9.59 Å². The lowest BCUT2D eigenvalue weighted by Crippen LogP contribution is -2.49. The van der Waals surface area contributed by atoms with Crippen LogP contribution in [0, 0.1) is 6.92 Å². The van der Waals surface area contributed by atoms with Gasteiger partial charge in [0.25, 0.3) is 0 Å². The van der Waals surface area contributed by atoms with Gasteiger partial charge in [0.15, 0.2) is 0 Å². The monoisotopic (exact) mass is 314 g/mol. The van der Waals surface area contributed by atoms with Gasteiger partial charge in [-0.25, -0.2) is 0 Å². The van der Waals surface area contributed by atoms with Crippen LogP contribution in [0.25, 0.3) is 6.08 Å². The molecule has 1 N–H and O–H groups in total. The van der Waals surface area contributed by atoms with E-state index in [-0.39, 0.29) is 17.9 Å². The number of aryl methyl sites for hydroxylation is 1. The van der Waals surface area contributed by atoms with Crippen LogP contribution in [-0.4, -0.2) is 35.8 Å². The number of hydrogen-bond acceptors (Lipinski definition) is 2. The van der Waals surface area contributed by atoms with Gasteiger partial charge in [0, 0.05) is 31.6 Å². The molecule has 2 rings (SSSR count). The number of nitrogens with one attached hydrogen (secondary N) is 1. The second kappa shape index (κ2) is 8.51. The molecule has 1 aromatic carbocycles. The van der Waals surface area contributed by atoms with Crippen molar-refractivity contribution in [3.05, 3.63) is 41.5 Å². The summed E-state index contributed by atoms with van der Waals surface area (Å²) in [6.45, 7) is 5.39. The zero-order chi connectivity index (χ0) is 16.7. The number of benzene rings is 1. The molecule has 1 aliphatic heterocycles. The fraction of sp³-hybridized carbons (Fsp3) is 0.474. The third-order valence-electron chi connectivity index (χ3n) is 4.04. The minimum Gasteiger partial charge on any atom is -0.352 e. The van der Waals surface area contributed by atoms with E-state index >= 15 is 0 Å². The molecule has 1 heterocycles. The van der Waals surface area contributed by atoms with Gasteiger partial charge in [-0.15, -0.1) is 0 Å². The fourth-order valence-electron chi connectivity index (χ4n) is 2.87. The molecule has 0 spiro atoms. The quantitative estimate of drug-likeness (QED) is 0.850. The first-order valence-electron chi connectivity index (χ1n) is 8.41. The number of hydrogen-bond donors (Lipinski definition) is 1. The molecule has 1 aliphatic rings. The molecule has 0 saturated carbocycles. The van der Waals surface area contributed by atoms with Crippen LogP contribution < -0.4 is 5.32 Å². The van der Waals surface area contributed by atoms with Gasteiger partial charge in [-0.1, -0.05) is 36.8 Å². The Morgan fingerprint density at radius 2 is 2.22 bits per heavy atom. The van der Waals surface area contributed by atoms with Gasteiger partial charge in [-0.2, -0.15) is 0 Å². The van der Waals surface area contributed by atoms with E-state index in [9.17, 15) is 9.59 Å². The van der Waals surface area contributed by atoms with Gasteiger partial charge in [-0.3, -0.25) is 9.59 Å². The summed E-state index contributed by atoms with van der Waals surface area (Å²) in [4.78, 5) is 25.9. The summed E-state index contributed by atoms with van der Waals surface area (Å²) in [5.74, 6) is 0.100. The van der Waals surface area contributed by atoms with Gasteiger partial charge >= 0.3 is 0 Å². The molecule has 2 amide bonds. The maximum absolute atomic E-state index is 12.3. The minimum atomic E-state index is 0.0148. The average molecular weight is 314 g/mol. The maximum Gasteiger partial charge on any atom is 0.246 e. The highest BCUT2D eigenvalue weighted by Gasteiger charge is 2.23. The number of carbonyl (C=O) groups is 2. The van der Waals surface area contributed by atoms with Gasteiger partial charge in [0.2, 0.25) is 11.8 Å². The zero-order valence-corrected chi connectivity index (χ0v) is 14.0. The third-order valence-corrected chi connectivity index (χ3v) is 4.04. The van der Waals surface area contributed by atoms with Gasteiger partial charge in [0.05, 0.1) is 0 Å². The second-order valence-corrected chi connectivity index (χ2v) is 6.19. The van der Waals surface area contributed by atoms with E-state index in [2.05, 4.69) is 5.32 Å². The van der Waals surface area contributed by atoms with Crippen molar-refractivity contribution in [1.29, 1.82) is 0 Å². The molecular formula is C19H26N2O2. The van der Waals surface area contributed by atoms with Crippen LogP contribution in [0.15, 0.2) is 30.3 Å². The van der Waals surface area contributed by atoms with Crippen molar-refractivity contribution in [3.8, 4) is 0 Å². The van der Waals surface area contributed by atoms with E-state index in [0.717, 1.165) is 31.4 Å². The lowest BCUT2D eigenvalue weighted by molar-refractivity contribution is -0.129. The summed E-state index contributed by atoms with van der Waals surface area (Å²) in [5, 5.41) is 3.03. The molecule has 124 valence electrons. The summed E-state index contributed by atoms with van der Waals surface area (Å²) in [6.07, 6.45) is 6.76. The van der Waals surface area contributed by atoms with Crippen molar-refractivity contribution in [2.45, 2.75) is 45.6 Å². The smallest absolute Gasteiger partial charge is 0.246 e. The predicted molar refractivity (Wildman–Crippen MR) is 92.9 cm³/mol. The predicted octanol–water partition coefficient (Wildman–Crippen LogP) is 2.92. The second-order valence-electron chi connectivity index (χ2n) is 6.19. The van der Waals surface area contributed by atoms with Crippen LogP contribution in [0.4, 0.5) is 0 Å². The Bertz CT molecular complexity index is 580. The average Bonchev–Trinajstić information content (AvgIpc) is 2.53. The van der Waals surface area contributed by atoms with Crippen molar-refractivity contribution < 1.29 is 9.59 Å². The lowest BCUT2D eigenvalue weighted by atomic mass is 10.0. The Morgan fingerprint density at radius 3 is 2.96 bits per heavy atom. The normalized spacial score (nSPS) is 18.2. The number of nitrogens with zero attached hydrogens (tertiary/aromatic N) is 1. The number of amides is 2. The Balaban J connectivity index is 1.90. The first kappa shape index (κ1) is 17.3. The summed E-state index contributed by atoms with van der Waals surface area (Å²) in [6, 6.07) is 8.14. The van der Waals surface area contributed by atoms with Crippen LogP contribution in [0.1, 0.15) is 43.7 Å². The molecule has 1 atom stereocenters. The van der Waals surface area contributed by atoms with E-state index in [1.807, 2.05) is 49.1 Å². The molecule has 4 heteroatoms. The first-order chi connectivity index (χ1) is 11.1. The Morgan fingerprint density at radius 1 is 1.39 bits per heavy atom. The van der Waals surface area contributed by atoms with E-state index in [4.69, 9.17) is 0 Å². The van der Waals surface area contributed by atoms with Crippen molar-refractivity contribution in [2.75, 3.05) is 13.1 Å². The highest BCUT2D eigenvalue weighted by molar-refractivity contribution is 5.92. The molecular weight excluding hydrogens is 288 g/mol. The minimum absolute atomic E-state index is 0.0148. The molecule has 0 bridgehead atoms. The molecule has 1 saturated heterocycles. The fourth-order valence-corrected chi connectivity index (χ4v) is 2.87. The zero-order valence-electron chi connectivity index (χ0n) is 14.0. The molecule has 0 aromatic heterocycles. The summed E-state index contributed by atoms with van der Waals surface area (Å²) in [7, 11) is 0. The Kier molecular flexibility index (Phi) is 6.39. The number of carbonyl (C=O) groups excluding carboxylic acids is 2. The van der Waals surface area contributed by atoms with Gasteiger partial charge in [-0.05, 0) is 37.8 Å². The Hall–Kier alpha value is -2.10. The highest BCUT2D eigenvalue weighted by Crippen LogP contribution is 2.12. The third kappa shape index (κ3) is 5.55. The molecule has 4 nitrogen and oxygen atoms in total.